The van der Waals surface area contributed by atoms with Crippen LogP contribution in [0.4, 0.5) is 0 Å². The zero-order valence-corrected chi connectivity index (χ0v) is 15.2. The molecule has 0 aliphatic carbocycles. The quantitative estimate of drug-likeness (QED) is 0.586. The summed E-state index contributed by atoms with van der Waals surface area (Å²) in [7, 11) is 0. The molecular formula is C20H29NO4. The number of benzene rings is 1. The van der Waals surface area contributed by atoms with Crippen molar-refractivity contribution in [3.63, 3.8) is 0 Å². The number of Topliss-reactive ketones (excluding diaryl/α,β-unsaturated/α-hetero) is 2. The van der Waals surface area contributed by atoms with Gasteiger partial charge in [0.15, 0.2) is 5.78 Å². The summed E-state index contributed by atoms with van der Waals surface area (Å²) in [5.41, 5.74) is 1.88. The van der Waals surface area contributed by atoms with Gasteiger partial charge in [-0.05, 0) is 18.4 Å². The SMILES string of the molecule is CCCC.O=C(CO)C(NCC(=O)c1ccccc1)=C1CCOCC1. The van der Waals surface area contributed by atoms with Gasteiger partial charge >= 0.3 is 0 Å². The molecule has 5 nitrogen and oxygen atoms in total. The van der Waals surface area contributed by atoms with E-state index in [1.807, 2.05) is 6.07 Å². The van der Waals surface area contributed by atoms with E-state index < -0.39 is 6.61 Å². The van der Waals surface area contributed by atoms with Crippen molar-refractivity contribution < 1.29 is 19.4 Å². The first-order valence-corrected chi connectivity index (χ1v) is 8.89. The average Bonchev–Trinajstić information content (AvgIpc) is 2.69. The van der Waals surface area contributed by atoms with Gasteiger partial charge in [-0.15, -0.1) is 0 Å². The molecule has 0 amide bonds. The Morgan fingerprint density at radius 3 is 2.20 bits per heavy atom. The van der Waals surface area contributed by atoms with Crippen LogP contribution >= 0.6 is 0 Å². The highest BCUT2D eigenvalue weighted by atomic mass is 16.5. The first kappa shape index (κ1) is 21.1. The molecule has 2 N–H and O–H groups in total. The Hall–Kier alpha value is -1.98. The topological polar surface area (TPSA) is 75.6 Å². The van der Waals surface area contributed by atoms with Crippen molar-refractivity contribution in [1.29, 1.82) is 0 Å². The van der Waals surface area contributed by atoms with E-state index in [1.165, 1.54) is 12.8 Å². The lowest BCUT2D eigenvalue weighted by Crippen LogP contribution is -2.30. The van der Waals surface area contributed by atoms with Gasteiger partial charge in [-0.3, -0.25) is 9.59 Å². The largest absolute Gasteiger partial charge is 0.388 e. The van der Waals surface area contributed by atoms with Gasteiger partial charge in [0.25, 0.3) is 0 Å². The van der Waals surface area contributed by atoms with Crippen molar-refractivity contribution in [2.75, 3.05) is 26.4 Å². The summed E-state index contributed by atoms with van der Waals surface area (Å²) in [6.45, 7) is 4.96. The van der Waals surface area contributed by atoms with Gasteiger partial charge in [0.2, 0.25) is 5.78 Å². The molecule has 1 aliphatic rings. The first-order chi connectivity index (χ1) is 12.1. The van der Waals surface area contributed by atoms with Crippen molar-refractivity contribution in [3.05, 3.63) is 47.2 Å². The molecule has 0 radical (unpaired) electrons. The van der Waals surface area contributed by atoms with Gasteiger partial charge in [0.1, 0.15) is 6.61 Å². The summed E-state index contributed by atoms with van der Waals surface area (Å²) < 4.78 is 5.26. The lowest BCUT2D eigenvalue weighted by Gasteiger charge is -2.19. The lowest BCUT2D eigenvalue weighted by atomic mass is 10.0. The summed E-state index contributed by atoms with van der Waals surface area (Å²) in [6, 6.07) is 8.90. The van der Waals surface area contributed by atoms with Crippen molar-refractivity contribution in [3.8, 4) is 0 Å². The van der Waals surface area contributed by atoms with Crippen LogP contribution in [0.25, 0.3) is 0 Å². The Balaban J connectivity index is 0.000000705. The zero-order valence-electron chi connectivity index (χ0n) is 15.2. The van der Waals surface area contributed by atoms with Gasteiger partial charge in [0.05, 0.1) is 25.5 Å². The summed E-state index contributed by atoms with van der Waals surface area (Å²) in [5, 5.41) is 12.0. The molecule has 138 valence electrons. The Labute approximate surface area is 150 Å². The van der Waals surface area contributed by atoms with Crippen LogP contribution in [-0.4, -0.2) is 43.0 Å². The second-order valence-corrected chi connectivity index (χ2v) is 5.81. The Kier molecular flexibility index (Phi) is 10.4. The molecule has 0 bridgehead atoms. The van der Waals surface area contributed by atoms with Crippen LogP contribution in [0.2, 0.25) is 0 Å². The minimum absolute atomic E-state index is 0.0371. The fraction of sp³-hybridized carbons (Fsp3) is 0.500. The van der Waals surface area contributed by atoms with Crippen LogP contribution in [0.15, 0.2) is 41.6 Å². The number of aliphatic hydroxyl groups excluding tert-OH is 1. The highest BCUT2D eigenvalue weighted by Crippen LogP contribution is 2.17. The maximum atomic E-state index is 12.1. The third-order valence-electron chi connectivity index (χ3n) is 3.89. The highest BCUT2D eigenvalue weighted by Gasteiger charge is 2.18. The Morgan fingerprint density at radius 2 is 1.68 bits per heavy atom. The summed E-state index contributed by atoms with van der Waals surface area (Å²) in [6.07, 6.45) is 3.93. The monoisotopic (exact) mass is 347 g/mol. The van der Waals surface area contributed by atoms with Gasteiger partial charge in [-0.25, -0.2) is 0 Å². The number of carbonyl (C=O) groups is 2. The van der Waals surface area contributed by atoms with Crippen molar-refractivity contribution in [2.24, 2.45) is 0 Å². The number of hydrogen-bond donors (Lipinski definition) is 2. The van der Waals surface area contributed by atoms with Gasteiger partial charge < -0.3 is 15.2 Å². The number of aliphatic hydroxyl groups is 1. The van der Waals surface area contributed by atoms with E-state index in [9.17, 15) is 9.59 Å². The van der Waals surface area contributed by atoms with E-state index in [2.05, 4.69) is 19.2 Å². The Morgan fingerprint density at radius 1 is 1.08 bits per heavy atom. The van der Waals surface area contributed by atoms with Crippen LogP contribution in [0.5, 0.6) is 0 Å². The number of carbonyl (C=O) groups excluding carboxylic acids is 2. The van der Waals surface area contributed by atoms with E-state index in [4.69, 9.17) is 9.84 Å². The molecule has 0 spiro atoms. The second kappa shape index (κ2) is 12.4. The molecule has 1 heterocycles. The zero-order chi connectivity index (χ0) is 18.5. The van der Waals surface area contributed by atoms with E-state index in [1.54, 1.807) is 24.3 Å². The molecule has 5 heteroatoms. The minimum atomic E-state index is -0.563. The fourth-order valence-corrected chi connectivity index (χ4v) is 2.26. The lowest BCUT2D eigenvalue weighted by molar-refractivity contribution is -0.118. The molecule has 0 unspecified atom stereocenters. The first-order valence-electron chi connectivity index (χ1n) is 8.89. The molecule has 1 aliphatic heterocycles. The number of nitrogens with one attached hydrogen (secondary N) is 1. The molecule has 0 atom stereocenters. The molecule has 2 rings (SSSR count). The smallest absolute Gasteiger partial charge is 0.203 e. The third-order valence-corrected chi connectivity index (χ3v) is 3.89. The number of hydrogen-bond acceptors (Lipinski definition) is 5. The predicted octanol–water partition coefficient (Wildman–Crippen LogP) is 2.89. The van der Waals surface area contributed by atoms with E-state index in [-0.39, 0.29) is 18.1 Å². The second-order valence-electron chi connectivity index (χ2n) is 5.81. The van der Waals surface area contributed by atoms with Crippen LogP contribution in [-0.2, 0) is 9.53 Å². The van der Waals surface area contributed by atoms with Crippen molar-refractivity contribution in [2.45, 2.75) is 39.5 Å². The summed E-state index contributed by atoms with van der Waals surface area (Å²) >= 11 is 0. The van der Waals surface area contributed by atoms with Crippen LogP contribution in [0.3, 0.4) is 0 Å². The maximum absolute atomic E-state index is 12.1. The number of rotatable bonds is 7. The summed E-state index contributed by atoms with van der Waals surface area (Å²) in [5.74, 6) is -0.473. The van der Waals surface area contributed by atoms with Crippen molar-refractivity contribution >= 4 is 11.6 Å². The van der Waals surface area contributed by atoms with E-state index in [0.717, 1.165) is 5.57 Å². The van der Waals surface area contributed by atoms with Gasteiger partial charge in [-0.2, -0.15) is 0 Å². The molecule has 1 saturated heterocycles. The number of ether oxygens (including phenoxy) is 1. The normalized spacial score (nSPS) is 13.5. The fourth-order valence-electron chi connectivity index (χ4n) is 2.26. The van der Waals surface area contributed by atoms with E-state index >= 15 is 0 Å². The Bertz CT molecular complexity index is 556. The molecule has 1 aromatic rings. The van der Waals surface area contributed by atoms with Crippen LogP contribution in [0.1, 0.15) is 49.9 Å². The maximum Gasteiger partial charge on any atom is 0.203 e. The van der Waals surface area contributed by atoms with Gasteiger partial charge in [-0.1, -0.05) is 57.0 Å². The van der Waals surface area contributed by atoms with E-state index in [0.29, 0.717) is 37.3 Å². The molecule has 1 aromatic carbocycles. The molecular weight excluding hydrogens is 318 g/mol. The molecule has 1 fully saturated rings. The predicted molar refractivity (Wildman–Crippen MR) is 98.5 cm³/mol. The molecule has 0 aromatic heterocycles. The van der Waals surface area contributed by atoms with Gasteiger partial charge in [0, 0.05) is 5.56 Å². The van der Waals surface area contributed by atoms with Crippen LogP contribution in [0, 0.1) is 0 Å². The van der Waals surface area contributed by atoms with Crippen LogP contribution < -0.4 is 5.32 Å². The minimum Gasteiger partial charge on any atom is -0.388 e. The number of unbranched alkanes of at least 4 members (excludes halogenated alkanes) is 1. The standard InChI is InChI=1S/C16H19NO4.C4H10/c18-11-15(20)16(13-6-8-21-9-7-13)17-10-14(19)12-4-2-1-3-5-12;1-3-4-2/h1-5,17-18H,6-11H2;3-4H2,1-2H3. The third kappa shape index (κ3) is 7.63. The molecule has 0 saturated carbocycles. The highest BCUT2D eigenvalue weighted by molar-refractivity contribution is 6.00. The number of ketones is 2. The summed E-state index contributed by atoms with van der Waals surface area (Å²) in [4.78, 5) is 23.9. The molecule has 25 heavy (non-hydrogen) atoms. The van der Waals surface area contributed by atoms with Crippen molar-refractivity contribution in [1.82, 2.24) is 5.32 Å². The average molecular weight is 347 g/mol.